The molecule has 1 aromatic rings. The number of nitrogens with zero attached hydrogens (tertiary/aromatic N) is 3. The molecule has 5 heteroatoms. The molecule has 0 amide bonds. The summed E-state index contributed by atoms with van der Waals surface area (Å²) in [4.78, 5) is 6.31. The van der Waals surface area contributed by atoms with Crippen molar-refractivity contribution in [2.75, 3.05) is 31.2 Å². The van der Waals surface area contributed by atoms with Crippen molar-refractivity contribution < 1.29 is 9.47 Å². The zero-order valence-corrected chi connectivity index (χ0v) is 10.1. The highest BCUT2D eigenvalue weighted by atomic mass is 16.7. The first-order chi connectivity index (χ1) is 8.81. The first-order valence-corrected chi connectivity index (χ1v) is 6.20. The number of hydrogen-bond donors (Lipinski definition) is 0. The van der Waals surface area contributed by atoms with Gasteiger partial charge in [0, 0.05) is 13.0 Å². The number of nitriles is 1. The van der Waals surface area contributed by atoms with E-state index in [1.54, 1.807) is 12.3 Å². The Kier molecular flexibility index (Phi) is 2.90. The maximum Gasteiger partial charge on any atom is 0.186 e. The number of anilines is 1. The molecule has 2 saturated heterocycles. The summed E-state index contributed by atoms with van der Waals surface area (Å²) in [5.41, 5.74) is 1.46. The highest BCUT2D eigenvalue weighted by Crippen LogP contribution is 2.32. The van der Waals surface area contributed by atoms with Gasteiger partial charge in [-0.3, -0.25) is 0 Å². The normalized spacial score (nSPS) is 22.1. The number of ether oxygens (including phenoxy) is 2. The van der Waals surface area contributed by atoms with Crippen LogP contribution >= 0.6 is 0 Å². The van der Waals surface area contributed by atoms with Crippen LogP contribution in [0.25, 0.3) is 0 Å². The van der Waals surface area contributed by atoms with Gasteiger partial charge in [-0.2, -0.15) is 5.26 Å². The van der Waals surface area contributed by atoms with Gasteiger partial charge in [-0.15, -0.1) is 0 Å². The molecule has 0 N–H and O–H groups in total. The summed E-state index contributed by atoms with van der Waals surface area (Å²) >= 11 is 0. The van der Waals surface area contributed by atoms with Gasteiger partial charge in [0.1, 0.15) is 11.8 Å². The van der Waals surface area contributed by atoms with Gasteiger partial charge in [-0.05, 0) is 18.6 Å². The van der Waals surface area contributed by atoms with E-state index in [0.717, 1.165) is 31.6 Å². The van der Waals surface area contributed by atoms with Crippen LogP contribution in [0.1, 0.15) is 18.5 Å². The minimum absolute atomic E-state index is 0.424. The van der Waals surface area contributed by atoms with Crippen molar-refractivity contribution in [1.82, 2.24) is 4.98 Å². The maximum atomic E-state index is 8.74. The second-order valence-electron chi connectivity index (χ2n) is 4.65. The topological polar surface area (TPSA) is 58.4 Å². The minimum atomic E-state index is -0.424. The van der Waals surface area contributed by atoms with Crippen LogP contribution in [0.3, 0.4) is 0 Å². The van der Waals surface area contributed by atoms with E-state index in [1.165, 1.54) is 0 Å². The van der Waals surface area contributed by atoms with E-state index in [4.69, 9.17) is 14.7 Å². The predicted molar refractivity (Wildman–Crippen MR) is 65.0 cm³/mol. The van der Waals surface area contributed by atoms with Crippen molar-refractivity contribution in [3.8, 4) is 6.07 Å². The van der Waals surface area contributed by atoms with Gasteiger partial charge in [-0.1, -0.05) is 0 Å². The zero-order chi connectivity index (χ0) is 12.4. The lowest BCUT2D eigenvalue weighted by Gasteiger charge is -2.39. The molecule has 18 heavy (non-hydrogen) atoms. The Labute approximate surface area is 106 Å². The van der Waals surface area contributed by atoms with Gasteiger partial charge < -0.3 is 14.4 Å². The van der Waals surface area contributed by atoms with Crippen molar-refractivity contribution in [1.29, 1.82) is 5.26 Å². The quantitative estimate of drug-likeness (QED) is 0.746. The van der Waals surface area contributed by atoms with E-state index in [1.807, 2.05) is 12.1 Å². The second-order valence-corrected chi connectivity index (χ2v) is 4.65. The molecule has 0 aliphatic carbocycles. The van der Waals surface area contributed by atoms with Gasteiger partial charge in [0.2, 0.25) is 0 Å². The molecular weight excluding hydrogens is 230 g/mol. The Balaban J connectivity index is 1.77. The van der Waals surface area contributed by atoms with E-state index >= 15 is 0 Å². The fraction of sp³-hybridized carbons (Fsp3) is 0.538. The fourth-order valence-corrected chi connectivity index (χ4v) is 2.58. The lowest BCUT2D eigenvalue weighted by molar-refractivity contribution is -0.161. The van der Waals surface area contributed by atoms with E-state index in [9.17, 15) is 0 Å². The van der Waals surface area contributed by atoms with Crippen LogP contribution in [-0.2, 0) is 9.47 Å². The van der Waals surface area contributed by atoms with Gasteiger partial charge in [0.25, 0.3) is 0 Å². The van der Waals surface area contributed by atoms with Gasteiger partial charge in [0.15, 0.2) is 5.79 Å². The summed E-state index contributed by atoms with van der Waals surface area (Å²) in [6, 6.07) is 5.70. The number of piperidine rings is 1. The minimum Gasteiger partial charge on any atom is -0.365 e. The third kappa shape index (κ3) is 2.05. The van der Waals surface area contributed by atoms with Crippen LogP contribution in [0, 0.1) is 11.3 Å². The molecule has 0 atom stereocenters. The number of hydrogen-bond acceptors (Lipinski definition) is 5. The van der Waals surface area contributed by atoms with E-state index in [-0.39, 0.29) is 0 Å². The zero-order valence-electron chi connectivity index (χ0n) is 10.1. The first kappa shape index (κ1) is 11.5. The van der Waals surface area contributed by atoms with Crippen LogP contribution in [0.15, 0.2) is 18.3 Å². The van der Waals surface area contributed by atoms with Crippen LogP contribution in [-0.4, -0.2) is 37.1 Å². The molecular formula is C13H15N3O2. The number of aromatic nitrogens is 1. The van der Waals surface area contributed by atoms with Crippen molar-refractivity contribution in [3.63, 3.8) is 0 Å². The molecule has 3 heterocycles. The Hall–Kier alpha value is -1.64. The van der Waals surface area contributed by atoms with Gasteiger partial charge in [-0.25, -0.2) is 4.98 Å². The van der Waals surface area contributed by atoms with Crippen LogP contribution < -0.4 is 4.90 Å². The molecule has 5 nitrogen and oxygen atoms in total. The average molecular weight is 245 g/mol. The van der Waals surface area contributed by atoms with Gasteiger partial charge >= 0.3 is 0 Å². The highest BCUT2D eigenvalue weighted by Gasteiger charge is 2.40. The third-order valence-electron chi connectivity index (χ3n) is 3.46. The number of rotatable bonds is 1. The summed E-state index contributed by atoms with van der Waals surface area (Å²) in [5, 5.41) is 8.74. The third-order valence-corrected chi connectivity index (χ3v) is 3.46. The molecule has 1 aromatic heterocycles. The van der Waals surface area contributed by atoms with Crippen molar-refractivity contribution in [3.05, 3.63) is 24.0 Å². The van der Waals surface area contributed by atoms with Crippen LogP contribution in [0.5, 0.6) is 0 Å². The maximum absolute atomic E-state index is 8.74. The molecule has 0 aromatic carbocycles. The number of pyridine rings is 1. The predicted octanol–water partition coefficient (Wildman–Crippen LogP) is 1.30. The summed E-state index contributed by atoms with van der Waals surface area (Å²) < 4.78 is 11.5. The first-order valence-electron chi connectivity index (χ1n) is 6.20. The molecule has 0 radical (unpaired) electrons. The molecule has 0 bridgehead atoms. The molecule has 2 aliphatic heterocycles. The highest BCUT2D eigenvalue weighted by molar-refractivity contribution is 5.46. The van der Waals surface area contributed by atoms with Crippen LogP contribution in [0.4, 0.5) is 5.69 Å². The Morgan fingerprint density at radius 3 is 2.83 bits per heavy atom. The Bertz CT molecular complexity index is 460. The lowest BCUT2D eigenvalue weighted by Crippen LogP contribution is -2.49. The molecule has 3 rings (SSSR count). The second kappa shape index (κ2) is 4.56. The summed E-state index contributed by atoms with van der Waals surface area (Å²) in [7, 11) is 0. The largest absolute Gasteiger partial charge is 0.365 e. The summed E-state index contributed by atoms with van der Waals surface area (Å²) in [6.45, 7) is 3.07. The van der Waals surface area contributed by atoms with E-state index in [2.05, 4.69) is 9.88 Å². The van der Waals surface area contributed by atoms with E-state index < -0.39 is 5.79 Å². The van der Waals surface area contributed by atoms with Crippen molar-refractivity contribution in [2.45, 2.75) is 18.6 Å². The summed E-state index contributed by atoms with van der Waals surface area (Å²) in [5.74, 6) is -0.424. The monoisotopic (exact) mass is 245 g/mol. The molecule has 0 saturated carbocycles. The molecule has 1 spiro atoms. The van der Waals surface area contributed by atoms with Gasteiger partial charge in [0.05, 0.1) is 31.6 Å². The molecule has 2 fully saturated rings. The SMILES string of the molecule is N#Cc1ccc(N2CCCC3(C2)OCCO3)cn1. The Morgan fingerprint density at radius 2 is 2.17 bits per heavy atom. The molecule has 2 aliphatic rings. The van der Waals surface area contributed by atoms with E-state index in [0.29, 0.717) is 18.9 Å². The molecule has 0 unspecified atom stereocenters. The lowest BCUT2D eigenvalue weighted by atomic mass is 10.0. The summed E-state index contributed by atoms with van der Waals surface area (Å²) in [6.07, 6.45) is 3.74. The fourth-order valence-electron chi connectivity index (χ4n) is 2.58. The van der Waals surface area contributed by atoms with Crippen molar-refractivity contribution in [2.24, 2.45) is 0 Å². The van der Waals surface area contributed by atoms with Crippen LogP contribution in [0.2, 0.25) is 0 Å². The van der Waals surface area contributed by atoms with Crippen molar-refractivity contribution >= 4 is 5.69 Å². The smallest absolute Gasteiger partial charge is 0.186 e. The molecule has 94 valence electrons. The average Bonchev–Trinajstić information content (AvgIpc) is 2.87. The standard InChI is InChI=1S/C13H15N3O2/c14-8-11-2-3-12(9-15-11)16-5-1-4-13(10-16)17-6-7-18-13/h2-3,9H,1,4-7,10H2. The Morgan fingerprint density at radius 1 is 1.33 bits per heavy atom.